The highest BCUT2D eigenvalue weighted by atomic mass is 16.6. The van der Waals surface area contributed by atoms with Crippen molar-refractivity contribution >= 4 is 17.9 Å². The lowest BCUT2D eigenvalue weighted by Crippen LogP contribution is -2.86. The Bertz CT molecular complexity index is 1900. The smallest absolute Gasteiger partial charge is 0.338 e. The lowest BCUT2D eigenvalue weighted by Gasteiger charge is -2.72. The van der Waals surface area contributed by atoms with Crippen molar-refractivity contribution < 1.29 is 62.9 Å². The molecule has 6 fully saturated rings. The van der Waals surface area contributed by atoms with Crippen LogP contribution in [0.2, 0.25) is 0 Å². The molecule has 0 amide bonds. The highest BCUT2D eigenvalue weighted by Crippen LogP contribution is 2.82. The number of carbonyl (C=O) groups is 3. The standard InChI is InChI=1S/C52H77NO13/c1-8-10-11-12-13-14-15-16-17-18-19-20-21-22-26-29-38(55)66-52-39-40(62-6)41-48(33-60-4)32-53(9-2)43(39)51(41,37(61-5)30-36(48)64-34(3)54)50(59)31-49(58,46(63-7)44(52)56)45(42(50)52)65-47(57)35-27-24-23-25-28-35/h13-14,16-17,23-25,27-28,36-37,39-46,56,58-59H,8-12,15,18-22,26,29-33H2,1-7H3/b14-13-,17-16-/t36-,37+,39+,40+,41-,42+,43?,44+,45-,46+,48+,49-,50+,51-,52+/m1/s1. The summed E-state index contributed by atoms with van der Waals surface area (Å²) in [6.07, 6.45) is 12.7. The first-order chi connectivity index (χ1) is 31.8. The van der Waals surface area contributed by atoms with Gasteiger partial charge in [-0.15, -0.1) is 0 Å². The molecule has 3 N–H and O–H groups in total. The highest BCUT2D eigenvalue weighted by molar-refractivity contribution is 5.89. The van der Waals surface area contributed by atoms with Crippen LogP contribution in [0.1, 0.15) is 121 Å². The molecule has 7 rings (SSSR count). The number of carbonyl (C=O) groups excluding carboxylic acids is 3. The summed E-state index contributed by atoms with van der Waals surface area (Å²) in [5.74, 6) is -4.83. The highest BCUT2D eigenvalue weighted by Gasteiger charge is 2.96. The summed E-state index contributed by atoms with van der Waals surface area (Å²) >= 11 is 0. The van der Waals surface area contributed by atoms with Crippen LogP contribution in [0.3, 0.4) is 0 Å². The molecule has 0 radical (unpaired) electrons. The van der Waals surface area contributed by atoms with Crippen LogP contribution in [0.5, 0.6) is 0 Å². The molecule has 5 saturated carbocycles. The molecule has 1 aromatic rings. The number of rotatable bonds is 24. The number of esters is 3. The Morgan fingerprint density at radius 2 is 1.48 bits per heavy atom. The first-order valence-corrected chi connectivity index (χ1v) is 24.7. The lowest BCUT2D eigenvalue weighted by atomic mass is 9.40. The number of allylic oxidation sites excluding steroid dienone is 4. The van der Waals surface area contributed by atoms with E-state index in [-0.39, 0.29) is 25.0 Å². The number of aliphatic hydroxyl groups excluding tert-OH is 1. The van der Waals surface area contributed by atoms with E-state index < -0.39 is 112 Å². The van der Waals surface area contributed by atoms with Gasteiger partial charge in [-0.25, -0.2) is 4.79 Å². The monoisotopic (exact) mass is 924 g/mol. The zero-order valence-corrected chi connectivity index (χ0v) is 40.4. The fourth-order valence-corrected chi connectivity index (χ4v) is 14.8. The molecule has 1 heterocycles. The molecule has 7 bridgehead atoms. The van der Waals surface area contributed by atoms with Crippen molar-refractivity contribution in [1.29, 1.82) is 0 Å². The number of hydrogen-bond acceptors (Lipinski definition) is 14. The van der Waals surface area contributed by atoms with Crippen molar-refractivity contribution in [3.05, 3.63) is 60.2 Å². The van der Waals surface area contributed by atoms with Gasteiger partial charge in [-0.3, -0.25) is 14.5 Å². The van der Waals surface area contributed by atoms with Gasteiger partial charge >= 0.3 is 17.9 Å². The molecular weight excluding hydrogens is 847 g/mol. The fraction of sp³-hybridized carbons (Fsp3) is 0.750. The van der Waals surface area contributed by atoms with Crippen molar-refractivity contribution in [1.82, 2.24) is 4.90 Å². The van der Waals surface area contributed by atoms with E-state index in [1.54, 1.807) is 51.7 Å². The Morgan fingerprint density at radius 1 is 0.803 bits per heavy atom. The molecule has 66 heavy (non-hydrogen) atoms. The number of likely N-dealkylation sites (tertiary alicyclic amines) is 1. The molecule has 1 saturated heterocycles. The third-order valence-electron chi connectivity index (χ3n) is 16.8. The molecule has 5 aliphatic carbocycles. The number of ether oxygens (including phenoxy) is 7. The molecule has 1 aliphatic heterocycles. The van der Waals surface area contributed by atoms with E-state index in [0.717, 1.165) is 44.9 Å². The summed E-state index contributed by atoms with van der Waals surface area (Å²) < 4.78 is 44.8. The second-order valence-electron chi connectivity index (χ2n) is 20.0. The fourth-order valence-electron chi connectivity index (χ4n) is 14.8. The number of fused-ring (bicyclic) bond motifs is 2. The van der Waals surface area contributed by atoms with E-state index in [1.807, 2.05) is 6.92 Å². The largest absolute Gasteiger partial charge is 0.462 e. The molecule has 14 heteroatoms. The maximum Gasteiger partial charge on any atom is 0.338 e. The Labute approximate surface area is 391 Å². The number of unbranched alkanes of at least 4 members (excludes halogenated alkanes) is 8. The van der Waals surface area contributed by atoms with Crippen molar-refractivity contribution in [2.75, 3.05) is 48.1 Å². The van der Waals surface area contributed by atoms with Gasteiger partial charge in [0.15, 0.2) is 5.60 Å². The zero-order valence-electron chi connectivity index (χ0n) is 40.4. The molecule has 6 aliphatic rings. The summed E-state index contributed by atoms with van der Waals surface area (Å²) in [7, 11) is 6.05. The SMILES string of the molecule is CCCCC/C=C\C/C=C\CCCCCCCC(=O)O[C@@]12[C@@H]3C4N(CC)C[C@@]5(COC)[C@@H]([C@H]3OC)[C@@]4([C@@H](OC)C[C@H]5OC(C)=O)[C@]3(O)C[C@@](O)([C@H](OC(=O)c4ccccc4)[C@H]13)[C@@H](OC)[C@@H]2O. The summed E-state index contributed by atoms with van der Waals surface area (Å²) in [6.45, 7) is 6.47. The van der Waals surface area contributed by atoms with Gasteiger partial charge < -0.3 is 48.5 Å². The topological polar surface area (TPSA) is 180 Å². The predicted octanol–water partition coefficient (Wildman–Crippen LogP) is 6.13. The van der Waals surface area contributed by atoms with E-state index in [2.05, 4.69) is 36.1 Å². The first-order valence-electron chi connectivity index (χ1n) is 24.7. The average Bonchev–Trinajstić information content (AvgIpc) is 3.65. The third kappa shape index (κ3) is 8.00. The van der Waals surface area contributed by atoms with E-state index in [0.29, 0.717) is 19.5 Å². The molecule has 0 aromatic heterocycles. The normalized spacial score (nSPS) is 39.7. The quantitative estimate of drug-likeness (QED) is 0.0467. The zero-order chi connectivity index (χ0) is 47.5. The third-order valence-corrected chi connectivity index (χ3v) is 16.8. The maximum absolute atomic E-state index is 14.7. The number of benzene rings is 1. The van der Waals surface area contributed by atoms with Gasteiger partial charge in [0.25, 0.3) is 0 Å². The van der Waals surface area contributed by atoms with E-state index in [4.69, 9.17) is 33.2 Å². The minimum absolute atomic E-state index is 0.0322. The van der Waals surface area contributed by atoms with Crippen LogP contribution < -0.4 is 0 Å². The van der Waals surface area contributed by atoms with Crippen LogP contribution >= 0.6 is 0 Å². The first kappa shape index (κ1) is 50.7. The van der Waals surface area contributed by atoms with Crippen LogP contribution in [0, 0.1) is 28.6 Å². The summed E-state index contributed by atoms with van der Waals surface area (Å²) in [4.78, 5) is 44.1. The minimum atomic E-state index is -2.17. The molecular formula is C52H77NO13. The number of nitrogens with zero attached hydrogens (tertiary/aromatic N) is 1. The Kier molecular flexibility index (Phi) is 16.0. The van der Waals surface area contributed by atoms with Gasteiger partial charge in [-0.2, -0.15) is 0 Å². The van der Waals surface area contributed by atoms with Gasteiger partial charge in [0.2, 0.25) is 0 Å². The van der Waals surface area contributed by atoms with Crippen LogP contribution in [0.25, 0.3) is 0 Å². The van der Waals surface area contributed by atoms with Crippen LogP contribution in [0.4, 0.5) is 0 Å². The second kappa shape index (κ2) is 20.8. The van der Waals surface area contributed by atoms with Crippen molar-refractivity contribution in [3.63, 3.8) is 0 Å². The molecule has 1 spiro atoms. The number of hydrogen-bond donors (Lipinski definition) is 3. The molecule has 14 nitrogen and oxygen atoms in total. The minimum Gasteiger partial charge on any atom is -0.462 e. The number of methoxy groups -OCH3 is 4. The molecule has 1 aromatic carbocycles. The molecule has 368 valence electrons. The Balaban J connectivity index is 1.25. The molecule has 1 unspecified atom stereocenters. The Hall–Kier alpha value is -3.21. The summed E-state index contributed by atoms with van der Waals surface area (Å²) in [5.41, 5.74) is -8.43. The maximum atomic E-state index is 14.7. The number of piperidine rings is 1. The van der Waals surface area contributed by atoms with Gasteiger partial charge in [0, 0.05) is 89.9 Å². The molecule has 15 atom stereocenters. The second-order valence-corrected chi connectivity index (χ2v) is 20.0. The van der Waals surface area contributed by atoms with Crippen LogP contribution in [-0.2, 0) is 42.7 Å². The summed E-state index contributed by atoms with van der Waals surface area (Å²) in [6, 6.07) is 7.69. The predicted molar refractivity (Wildman–Crippen MR) is 245 cm³/mol. The van der Waals surface area contributed by atoms with E-state index >= 15 is 0 Å². The Morgan fingerprint density at radius 3 is 2.11 bits per heavy atom. The van der Waals surface area contributed by atoms with Crippen molar-refractivity contribution in [3.8, 4) is 0 Å². The van der Waals surface area contributed by atoms with Gasteiger partial charge in [-0.05, 0) is 57.2 Å². The summed E-state index contributed by atoms with van der Waals surface area (Å²) in [5, 5.41) is 40.7. The van der Waals surface area contributed by atoms with Gasteiger partial charge in [0.1, 0.15) is 30.0 Å². The van der Waals surface area contributed by atoms with Crippen molar-refractivity contribution in [2.45, 2.75) is 170 Å². The van der Waals surface area contributed by atoms with Crippen molar-refractivity contribution in [2.24, 2.45) is 28.6 Å². The van der Waals surface area contributed by atoms with Gasteiger partial charge in [-0.1, -0.05) is 88.5 Å². The van der Waals surface area contributed by atoms with E-state index in [1.165, 1.54) is 33.3 Å². The lowest BCUT2D eigenvalue weighted by molar-refractivity contribution is -0.355. The number of aliphatic hydroxyl groups is 3. The van der Waals surface area contributed by atoms with Crippen LogP contribution in [0.15, 0.2) is 54.6 Å². The average molecular weight is 924 g/mol. The van der Waals surface area contributed by atoms with Gasteiger partial charge in [0.05, 0.1) is 35.9 Å². The van der Waals surface area contributed by atoms with Crippen LogP contribution in [-0.4, -0.2) is 146 Å². The van der Waals surface area contributed by atoms with E-state index in [9.17, 15) is 29.7 Å².